The Balaban J connectivity index is 1.64. The lowest BCUT2D eigenvalue weighted by Crippen LogP contribution is -2.58. The third kappa shape index (κ3) is 3.31. The van der Waals surface area contributed by atoms with Gasteiger partial charge in [-0.2, -0.15) is 0 Å². The van der Waals surface area contributed by atoms with E-state index in [0.29, 0.717) is 13.1 Å². The van der Waals surface area contributed by atoms with E-state index < -0.39 is 11.5 Å². The summed E-state index contributed by atoms with van der Waals surface area (Å²) in [6.07, 6.45) is -1.25. The fraction of sp³-hybridized carbons (Fsp3) is 0.917. The summed E-state index contributed by atoms with van der Waals surface area (Å²) in [5, 5.41) is 0. The van der Waals surface area contributed by atoms with E-state index >= 15 is 0 Å². The Kier molecular flexibility index (Phi) is 3.25. The molecule has 1 aliphatic carbocycles. The molecule has 1 saturated heterocycles. The molecule has 2 aliphatic rings. The molecular formula is C12H19F2NO3. The van der Waals surface area contributed by atoms with Crippen LogP contribution in [0.4, 0.5) is 13.6 Å². The van der Waals surface area contributed by atoms with Crippen LogP contribution in [0.1, 0.15) is 33.6 Å². The highest BCUT2D eigenvalue weighted by Gasteiger charge is 2.48. The molecule has 1 aliphatic heterocycles. The van der Waals surface area contributed by atoms with Crippen LogP contribution in [-0.2, 0) is 9.47 Å². The number of rotatable bonds is 2. The number of hydrogen-bond donors (Lipinski definition) is 0. The molecule has 6 heteroatoms. The van der Waals surface area contributed by atoms with Gasteiger partial charge in [-0.25, -0.2) is 13.6 Å². The standard InChI is InChI=1S/C12H19F2NO3/c1-11(2,3)18-10(16)15-6-9(7-15)17-8-4-12(13,14)5-8/h8-9H,4-7H2,1-3H3. The van der Waals surface area contributed by atoms with Crippen LogP contribution in [0.5, 0.6) is 0 Å². The molecule has 0 aromatic heterocycles. The minimum absolute atomic E-state index is 0.126. The summed E-state index contributed by atoms with van der Waals surface area (Å²) in [5.41, 5.74) is -0.515. The number of halogens is 2. The monoisotopic (exact) mass is 263 g/mol. The molecule has 0 unspecified atom stereocenters. The van der Waals surface area contributed by atoms with E-state index in [4.69, 9.17) is 9.47 Å². The lowest BCUT2D eigenvalue weighted by atomic mass is 9.90. The Morgan fingerprint density at radius 3 is 2.22 bits per heavy atom. The molecule has 1 amide bonds. The number of alkyl halides is 2. The van der Waals surface area contributed by atoms with Crippen molar-refractivity contribution >= 4 is 6.09 Å². The molecule has 18 heavy (non-hydrogen) atoms. The Hall–Kier alpha value is -0.910. The molecule has 4 nitrogen and oxygen atoms in total. The van der Waals surface area contributed by atoms with E-state index in [0.717, 1.165) is 0 Å². The van der Waals surface area contributed by atoms with E-state index in [-0.39, 0.29) is 31.1 Å². The van der Waals surface area contributed by atoms with E-state index in [1.54, 1.807) is 20.8 Å². The number of hydrogen-bond acceptors (Lipinski definition) is 3. The van der Waals surface area contributed by atoms with Gasteiger partial charge >= 0.3 is 6.09 Å². The summed E-state index contributed by atoms with van der Waals surface area (Å²) >= 11 is 0. The van der Waals surface area contributed by atoms with Gasteiger partial charge in [-0.3, -0.25) is 0 Å². The smallest absolute Gasteiger partial charge is 0.410 e. The van der Waals surface area contributed by atoms with Gasteiger partial charge in [0.25, 0.3) is 5.92 Å². The number of likely N-dealkylation sites (tertiary alicyclic amines) is 1. The van der Waals surface area contributed by atoms with E-state index in [1.807, 2.05) is 0 Å². The second-order valence-corrected chi connectivity index (χ2v) is 6.03. The van der Waals surface area contributed by atoms with Crippen molar-refractivity contribution in [3.05, 3.63) is 0 Å². The zero-order valence-corrected chi connectivity index (χ0v) is 10.9. The SMILES string of the molecule is CC(C)(C)OC(=O)N1CC(OC2CC(F)(F)C2)C1. The summed E-state index contributed by atoms with van der Waals surface area (Å²) in [4.78, 5) is 13.1. The number of ether oxygens (including phenoxy) is 2. The molecular weight excluding hydrogens is 244 g/mol. The molecule has 0 aromatic carbocycles. The van der Waals surface area contributed by atoms with Crippen LogP contribution in [0.25, 0.3) is 0 Å². The molecule has 104 valence electrons. The summed E-state index contributed by atoms with van der Waals surface area (Å²) in [5.74, 6) is -2.56. The highest BCUT2D eigenvalue weighted by Crippen LogP contribution is 2.40. The molecule has 0 radical (unpaired) electrons. The van der Waals surface area contributed by atoms with Gasteiger partial charge in [-0.1, -0.05) is 0 Å². The summed E-state index contributed by atoms with van der Waals surface area (Å²) in [6, 6.07) is 0. The molecule has 1 heterocycles. The van der Waals surface area contributed by atoms with Crippen LogP contribution in [0.15, 0.2) is 0 Å². The Labute approximate surface area is 105 Å². The zero-order chi connectivity index (χ0) is 13.6. The van der Waals surface area contributed by atoms with E-state index in [9.17, 15) is 13.6 Å². The first-order valence-corrected chi connectivity index (χ1v) is 6.16. The van der Waals surface area contributed by atoms with E-state index in [2.05, 4.69) is 0 Å². The van der Waals surface area contributed by atoms with Crippen molar-refractivity contribution in [1.82, 2.24) is 4.90 Å². The first-order chi connectivity index (χ1) is 8.15. The van der Waals surface area contributed by atoms with Crippen molar-refractivity contribution in [3.8, 4) is 0 Å². The van der Waals surface area contributed by atoms with Crippen LogP contribution < -0.4 is 0 Å². The Bertz CT molecular complexity index is 327. The van der Waals surface area contributed by atoms with Gasteiger partial charge in [0.1, 0.15) is 5.60 Å². The number of nitrogens with zero attached hydrogens (tertiary/aromatic N) is 1. The van der Waals surface area contributed by atoms with E-state index in [1.165, 1.54) is 4.90 Å². The first-order valence-electron chi connectivity index (χ1n) is 6.16. The highest BCUT2D eigenvalue weighted by atomic mass is 19.3. The third-order valence-electron chi connectivity index (χ3n) is 2.94. The molecule has 0 bridgehead atoms. The quantitative estimate of drug-likeness (QED) is 0.768. The van der Waals surface area contributed by atoms with Crippen LogP contribution in [0.2, 0.25) is 0 Å². The molecule has 0 atom stereocenters. The van der Waals surface area contributed by atoms with Crippen LogP contribution >= 0.6 is 0 Å². The largest absolute Gasteiger partial charge is 0.444 e. The maximum absolute atomic E-state index is 12.6. The lowest BCUT2D eigenvalue weighted by Gasteiger charge is -2.44. The van der Waals surface area contributed by atoms with Gasteiger partial charge in [0.2, 0.25) is 0 Å². The third-order valence-corrected chi connectivity index (χ3v) is 2.94. The molecule has 1 saturated carbocycles. The average molecular weight is 263 g/mol. The van der Waals surface area contributed by atoms with Gasteiger partial charge in [-0.05, 0) is 20.8 Å². The second kappa shape index (κ2) is 4.33. The van der Waals surface area contributed by atoms with Gasteiger partial charge in [-0.15, -0.1) is 0 Å². The summed E-state index contributed by atoms with van der Waals surface area (Å²) in [7, 11) is 0. The average Bonchev–Trinajstić information content (AvgIpc) is 2.03. The van der Waals surface area contributed by atoms with Crippen LogP contribution in [0.3, 0.4) is 0 Å². The Morgan fingerprint density at radius 2 is 1.78 bits per heavy atom. The number of carbonyl (C=O) groups is 1. The second-order valence-electron chi connectivity index (χ2n) is 6.03. The molecule has 0 N–H and O–H groups in total. The summed E-state index contributed by atoms with van der Waals surface area (Å²) < 4.78 is 35.8. The lowest BCUT2D eigenvalue weighted by molar-refractivity contribution is -0.199. The van der Waals surface area contributed by atoms with Gasteiger partial charge in [0.15, 0.2) is 0 Å². The molecule has 2 fully saturated rings. The highest BCUT2D eigenvalue weighted by molar-refractivity contribution is 5.69. The van der Waals surface area contributed by atoms with Crippen LogP contribution in [-0.4, -0.2) is 47.8 Å². The van der Waals surface area contributed by atoms with Gasteiger partial charge in [0, 0.05) is 12.8 Å². The van der Waals surface area contributed by atoms with Crippen molar-refractivity contribution in [3.63, 3.8) is 0 Å². The number of amides is 1. The number of carbonyl (C=O) groups excluding carboxylic acids is 1. The maximum atomic E-state index is 12.6. The fourth-order valence-electron chi connectivity index (χ4n) is 1.97. The molecule has 2 rings (SSSR count). The molecule has 0 aromatic rings. The maximum Gasteiger partial charge on any atom is 0.410 e. The van der Waals surface area contributed by atoms with Crippen molar-refractivity contribution in [2.45, 2.75) is 57.3 Å². The van der Waals surface area contributed by atoms with Gasteiger partial charge < -0.3 is 14.4 Å². The zero-order valence-electron chi connectivity index (χ0n) is 10.9. The van der Waals surface area contributed by atoms with Crippen molar-refractivity contribution < 1.29 is 23.0 Å². The topological polar surface area (TPSA) is 38.8 Å². The normalized spacial score (nSPS) is 24.4. The Morgan fingerprint density at radius 1 is 1.22 bits per heavy atom. The predicted octanol–water partition coefficient (Wildman–Crippen LogP) is 2.42. The fourth-order valence-corrected chi connectivity index (χ4v) is 1.97. The minimum atomic E-state index is -2.56. The first kappa shape index (κ1) is 13.5. The predicted molar refractivity (Wildman–Crippen MR) is 60.6 cm³/mol. The minimum Gasteiger partial charge on any atom is -0.444 e. The van der Waals surface area contributed by atoms with Gasteiger partial charge in [0.05, 0.1) is 25.3 Å². The van der Waals surface area contributed by atoms with Crippen molar-refractivity contribution in [2.24, 2.45) is 0 Å². The van der Waals surface area contributed by atoms with Crippen LogP contribution in [0, 0.1) is 0 Å². The van der Waals surface area contributed by atoms with Crippen molar-refractivity contribution in [1.29, 1.82) is 0 Å². The molecule has 0 spiro atoms. The van der Waals surface area contributed by atoms with Crippen molar-refractivity contribution in [2.75, 3.05) is 13.1 Å². The summed E-state index contributed by atoms with van der Waals surface area (Å²) in [6.45, 7) is 6.26.